The van der Waals surface area contributed by atoms with E-state index in [0.717, 1.165) is 25.9 Å². The van der Waals surface area contributed by atoms with E-state index in [1.807, 2.05) is 0 Å². The van der Waals surface area contributed by atoms with Crippen molar-refractivity contribution in [3.05, 3.63) is 12.4 Å². The number of aromatic nitrogens is 2. The molecule has 0 radical (unpaired) electrons. The lowest BCUT2D eigenvalue weighted by Crippen LogP contribution is -2.18. The first-order valence-electron chi connectivity index (χ1n) is 4.70. The van der Waals surface area contributed by atoms with Gasteiger partial charge in [0, 0.05) is 6.61 Å². The summed E-state index contributed by atoms with van der Waals surface area (Å²) in [7, 11) is 0. The Kier molecular flexibility index (Phi) is 1.70. The van der Waals surface area contributed by atoms with Crippen LogP contribution in [0.4, 0.5) is 5.69 Å². The number of anilines is 1. The molecule has 0 amide bonds. The average Bonchev–Trinajstić information content (AvgIpc) is 2.49. The molecule has 1 unspecified atom stereocenters. The largest absolute Gasteiger partial charge is 0.396 e. The molecule has 2 heterocycles. The molecule has 1 saturated heterocycles. The SMILES string of the molecule is [2H]c1nn(C2CCCCO2)cc1N. The van der Waals surface area contributed by atoms with Gasteiger partial charge < -0.3 is 10.5 Å². The highest BCUT2D eigenvalue weighted by Crippen LogP contribution is 2.21. The van der Waals surface area contributed by atoms with E-state index >= 15 is 0 Å². The first-order valence-corrected chi connectivity index (χ1v) is 4.20. The van der Waals surface area contributed by atoms with Crippen LogP contribution in [0.3, 0.4) is 0 Å². The van der Waals surface area contributed by atoms with Crippen molar-refractivity contribution in [2.24, 2.45) is 0 Å². The van der Waals surface area contributed by atoms with Gasteiger partial charge in [0.2, 0.25) is 0 Å². The third-order valence-corrected chi connectivity index (χ3v) is 2.02. The predicted molar refractivity (Wildman–Crippen MR) is 45.5 cm³/mol. The molecular weight excluding hydrogens is 154 g/mol. The fourth-order valence-corrected chi connectivity index (χ4v) is 1.40. The van der Waals surface area contributed by atoms with Crippen LogP contribution in [-0.2, 0) is 4.74 Å². The van der Waals surface area contributed by atoms with E-state index in [2.05, 4.69) is 5.10 Å². The van der Waals surface area contributed by atoms with E-state index in [-0.39, 0.29) is 12.4 Å². The monoisotopic (exact) mass is 168 g/mol. The lowest BCUT2D eigenvalue weighted by Gasteiger charge is -2.22. The summed E-state index contributed by atoms with van der Waals surface area (Å²) in [5, 5.41) is 3.97. The maximum atomic E-state index is 7.35. The molecular formula is C8H13N3O. The van der Waals surface area contributed by atoms with Gasteiger partial charge in [0.15, 0.2) is 0 Å². The summed E-state index contributed by atoms with van der Waals surface area (Å²) in [6, 6.07) is 0. The van der Waals surface area contributed by atoms with E-state index < -0.39 is 0 Å². The Balaban J connectivity index is 2.14. The molecule has 0 spiro atoms. The van der Waals surface area contributed by atoms with Gasteiger partial charge in [-0.05, 0) is 19.3 Å². The van der Waals surface area contributed by atoms with Gasteiger partial charge in [0.1, 0.15) is 6.23 Å². The lowest BCUT2D eigenvalue weighted by atomic mass is 10.2. The minimum Gasteiger partial charge on any atom is -0.396 e. The number of nitrogen functional groups attached to an aromatic ring is 1. The first kappa shape index (κ1) is 6.48. The molecule has 1 fully saturated rings. The molecule has 1 aromatic heterocycles. The summed E-state index contributed by atoms with van der Waals surface area (Å²) in [6.07, 6.45) is 5.00. The zero-order chi connectivity index (χ0) is 9.26. The number of hydrogen-bond donors (Lipinski definition) is 1. The molecule has 0 bridgehead atoms. The Morgan fingerprint density at radius 1 is 1.75 bits per heavy atom. The Labute approximate surface area is 72.7 Å². The molecule has 66 valence electrons. The Morgan fingerprint density at radius 3 is 3.25 bits per heavy atom. The van der Waals surface area contributed by atoms with Crippen LogP contribution in [0.2, 0.25) is 0 Å². The van der Waals surface area contributed by atoms with Crippen LogP contribution in [0.1, 0.15) is 26.9 Å². The molecule has 12 heavy (non-hydrogen) atoms. The first-order chi connectivity index (χ1) is 6.27. The standard InChI is InChI=1S/C8H13N3O/c9-7-5-10-11(6-7)8-3-1-2-4-12-8/h5-6,8H,1-4,9H2/i5D. The fraction of sp³-hybridized carbons (Fsp3) is 0.625. The van der Waals surface area contributed by atoms with Crippen LogP contribution in [0, 0.1) is 0 Å². The predicted octanol–water partition coefficient (Wildman–Crippen LogP) is 1.16. The van der Waals surface area contributed by atoms with Crippen LogP contribution < -0.4 is 5.73 Å². The van der Waals surface area contributed by atoms with Gasteiger partial charge in [-0.2, -0.15) is 5.10 Å². The number of ether oxygens (including phenoxy) is 1. The van der Waals surface area contributed by atoms with E-state index in [4.69, 9.17) is 11.8 Å². The minimum atomic E-state index is -0.0184. The molecule has 2 rings (SSSR count). The van der Waals surface area contributed by atoms with Gasteiger partial charge in [-0.25, -0.2) is 4.68 Å². The molecule has 4 heteroatoms. The second-order valence-electron chi connectivity index (χ2n) is 3.00. The second-order valence-corrected chi connectivity index (χ2v) is 3.00. The van der Waals surface area contributed by atoms with Gasteiger partial charge >= 0.3 is 0 Å². The van der Waals surface area contributed by atoms with Crippen LogP contribution in [0.5, 0.6) is 0 Å². The van der Waals surface area contributed by atoms with Crippen LogP contribution in [-0.4, -0.2) is 16.4 Å². The van der Waals surface area contributed by atoms with Gasteiger partial charge in [-0.15, -0.1) is 0 Å². The van der Waals surface area contributed by atoms with Crippen molar-refractivity contribution in [3.63, 3.8) is 0 Å². The van der Waals surface area contributed by atoms with Crippen molar-refractivity contribution in [3.8, 4) is 0 Å². The molecule has 1 atom stereocenters. The minimum absolute atomic E-state index is 0.0184. The van der Waals surface area contributed by atoms with Crippen molar-refractivity contribution in [1.82, 2.24) is 9.78 Å². The third-order valence-electron chi connectivity index (χ3n) is 2.02. The number of nitrogens with two attached hydrogens (primary N) is 1. The van der Waals surface area contributed by atoms with Crippen molar-refractivity contribution < 1.29 is 6.11 Å². The Morgan fingerprint density at radius 2 is 2.67 bits per heavy atom. The molecule has 4 nitrogen and oxygen atoms in total. The summed E-state index contributed by atoms with van der Waals surface area (Å²) in [5.41, 5.74) is 5.93. The molecule has 0 aromatic carbocycles. The van der Waals surface area contributed by atoms with Crippen molar-refractivity contribution in [1.29, 1.82) is 0 Å². The smallest absolute Gasteiger partial charge is 0.150 e. The summed E-state index contributed by atoms with van der Waals surface area (Å²) >= 11 is 0. The van der Waals surface area contributed by atoms with Crippen LogP contribution in [0.15, 0.2) is 12.4 Å². The quantitative estimate of drug-likeness (QED) is 0.684. The molecule has 1 aromatic rings. The number of hydrogen-bond acceptors (Lipinski definition) is 3. The second kappa shape index (κ2) is 3.15. The van der Waals surface area contributed by atoms with Crippen LogP contribution >= 0.6 is 0 Å². The van der Waals surface area contributed by atoms with Crippen molar-refractivity contribution in [2.45, 2.75) is 25.5 Å². The molecule has 0 saturated carbocycles. The van der Waals surface area contributed by atoms with E-state index in [0.29, 0.717) is 5.69 Å². The highest BCUT2D eigenvalue weighted by Gasteiger charge is 2.15. The van der Waals surface area contributed by atoms with E-state index in [1.54, 1.807) is 10.9 Å². The van der Waals surface area contributed by atoms with Gasteiger partial charge in [0.05, 0.1) is 19.4 Å². The molecule has 1 aliphatic heterocycles. The maximum Gasteiger partial charge on any atom is 0.150 e. The fourth-order valence-electron chi connectivity index (χ4n) is 1.40. The highest BCUT2D eigenvalue weighted by atomic mass is 16.5. The summed E-state index contributed by atoms with van der Waals surface area (Å²) < 4.78 is 14.5. The Hall–Kier alpha value is -1.03. The average molecular weight is 168 g/mol. The van der Waals surface area contributed by atoms with Gasteiger partial charge in [0.25, 0.3) is 0 Å². The highest BCUT2D eigenvalue weighted by molar-refractivity contribution is 5.30. The van der Waals surface area contributed by atoms with E-state index in [1.165, 1.54) is 0 Å². The van der Waals surface area contributed by atoms with E-state index in [9.17, 15) is 0 Å². The molecule has 2 N–H and O–H groups in total. The van der Waals surface area contributed by atoms with Gasteiger partial charge in [-0.3, -0.25) is 0 Å². The maximum absolute atomic E-state index is 7.35. The van der Waals surface area contributed by atoms with Crippen LogP contribution in [0.25, 0.3) is 0 Å². The zero-order valence-electron chi connectivity index (χ0n) is 7.86. The normalized spacial score (nSPS) is 25.3. The number of rotatable bonds is 1. The summed E-state index contributed by atoms with van der Waals surface area (Å²) in [5.74, 6) is 0. The van der Waals surface area contributed by atoms with Crippen molar-refractivity contribution in [2.75, 3.05) is 12.3 Å². The summed E-state index contributed by atoms with van der Waals surface area (Å²) in [4.78, 5) is 0. The van der Waals surface area contributed by atoms with Gasteiger partial charge in [-0.1, -0.05) is 0 Å². The Bertz CT molecular complexity index is 274. The zero-order valence-corrected chi connectivity index (χ0v) is 6.86. The molecule has 1 aliphatic rings. The third kappa shape index (κ3) is 1.43. The topological polar surface area (TPSA) is 53.1 Å². The van der Waals surface area contributed by atoms with Crippen molar-refractivity contribution >= 4 is 5.69 Å². The number of nitrogens with zero attached hydrogens (tertiary/aromatic N) is 2. The summed E-state index contributed by atoms with van der Waals surface area (Å²) in [6.45, 7) is 0.776. The molecule has 0 aliphatic carbocycles. The lowest BCUT2D eigenvalue weighted by molar-refractivity contribution is -0.0394.